The summed E-state index contributed by atoms with van der Waals surface area (Å²) in [7, 11) is 1.56. The van der Waals surface area contributed by atoms with Crippen molar-refractivity contribution in [1.29, 1.82) is 0 Å². The molecule has 1 fully saturated rings. The molecule has 0 amide bonds. The molecule has 2 rings (SSSR count). The normalized spacial score (nSPS) is 15.9. The van der Waals surface area contributed by atoms with Crippen LogP contribution in [0.25, 0.3) is 0 Å². The van der Waals surface area contributed by atoms with Gasteiger partial charge in [0.1, 0.15) is 0 Å². The van der Waals surface area contributed by atoms with E-state index in [2.05, 4.69) is 14.9 Å². The smallest absolute Gasteiger partial charge is 0.227 e. The predicted molar refractivity (Wildman–Crippen MR) is 54.4 cm³/mol. The molecule has 0 unspecified atom stereocenters. The number of aromatic nitrogens is 2. The molecule has 5 heteroatoms. The van der Waals surface area contributed by atoms with Crippen molar-refractivity contribution >= 4 is 11.8 Å². The lowest BCUT2D eigenvalue weighted by Crippen LogP contribution is -2.20. The zero-order valence-corrected chi connectivity index (χ0v) is 8.23. The molecule has 2 N–H and O–H groups in total. The van der Waals surface area contributed by atoms with Gasteiger partial charge in [-0.1, -0.05) is 0 Å². The van der Waals surface area contributed by atoms with Crippen molar-refractivity contribution in [2.45, 2.75) is 12.8 Å². The first-order chi connectivity index (χ1) is 6.81. The van der Waals surface area contributed by atoms with Crippen molar-refractivity contribution in [3.8, 4) is 5.75 Å². The second kappa shape index (κ2) is 3.69. The first-order valence-electron chi connectivity index (χ1n) is 4.72. The largest absolute Gasteiger partial charge is 0.491 e. The summed E-state index contributed by atoms with van der Waals surface area (Å²) in [4.78, 5) is 10.5. The van der Waals surface area contributed by atoms with Crippen LogP contribution < -0.4 is 15.4 Å². The average Bonchev–Trinajstić information content (AvgIpc) is 2.70. The predicted octanol–water partition coefficient (Wildman–Crippen LogP) is 0.668. The van der Waals surface area contributed by atoms with Gasteiger partial charge in [0, 0.05) is 13.1 Å². The Hall–Kier alpha value is -1.52. The highest BCUT2D eigenvalue weighted by atomic mass is 16.5. The number of nitrogens with two attached hydrogens (primary N) is 1. The maximum Gasteiger partial charge on any atom is 0.227 e. The Balaban J connectivity index is 2.23. The van der Waals surface area contributed by atoms with Gasteiger partial charge in [-0.25, -0.2) is 4.98 Å². The fourth-order valence-corrected chi connectivity index (χ4v) is 1.60. The SMILES string of the molecule is COc1cnc(N2CCCC2)nc1N. The zero-order valence-electron chi connectivity index (χ0n) is 8.23. The van der Waals surface area contributed by atoms with Gasteiger partial charge in [-0.05, 0) is 12.8 Å². The monoisotopic (exact) mass is 194 g/mol. The molecule has 0 radical (unpaired) electrons. The van der Waals surface area contributed by atoms with Gasteiger partial charge in [0.25, 0.3) is 0 Å². The summed E-state index contributed by atoms with van der Waals surface area (Å²) in [5.74, 6) is 1.65. The first kappa shape index (κ1) is 9.05. The maximum absolute atomic E-state index is 5.70. The molecule has 0 aromatic carbocycles. The van der Waals surface area contributed by atoms with Gasteiger partial charge in [-0.15, -0.1) is 0 Å². The van der Waals surface area contributed by atoms with Gasteiger partial charge in [0.05, 0.1) is 13.3 Å². The van der Waals surface area contributed by atoms with Gasteiger partial charge in [-0.3, -0.25) is 0 Å². The van der Waals surface area contributed by atoms with Crippen molar-refractivity contribution in [2.24, 2.45) is 0 Å². The van der Waals surface area contributed by atoms with E-state index in [4.69, 9.17) is 10.5 Å². The minimum absolute atomic E-state index is 0.407. The summed E-state index contributed by atoms with van der Waals surface area (Å²) >= 11 is 0. The first-order valence-corrected chi connectivity index (χ1v) is 4.72. The number of hydrogen-bond acceptors (Lipinski definition) is 5. The van der Waals surface area contributed by atoms with E-state index >= 15 is 0 Å². The van der Waals surface area contributed by atoms with E-state index in [0.29, 0.717) is 17.5 Å². The third kappa shape index (κ3) is 1.57. The second-order valence-electron chi connectivity index (χ2n) is 3.32. The fraction of sp³-hybridized carbons (Fsp3) is 0.556. The average molecular weight is 194 g/mol. The van der Waals surface area contributed by atoms with Crippen molar-refractivity contribution in [3.63, 3.8) is 0 Å². The van der Waals surface area contributed by atoms with Gasteiger partial charge in [-0.2, -0.15) is 4.98 Å². The maximum atomic E-state index is 5.70. The van der Waals surface area contributed by atoms with E-state index in [1.807, 2.05) is 0 Å². The molecule has 0 saturated carbocycles. The van der Waals surface area contributed by atoms with Crippen LogP contribution in [0.4, 0.5) is 11.8 Å². The minimum atomic E-state index is 0.407. The Labute approximate surface area is 82.9 Å². The molecule has 5 nitrogen and oxygen atoms in total. The van der Waals surface area contributed by atoms with Gasteiger partial charge in [0.15, 0.2) is 11.6 Å². The summed E-state index contributed by atoms with van der Waals surface area (Å²) in [6, 6.07) is 0. The van der Waals surface area contributed by atoms with Gasteiger partial charge < -0.3 is 15.4 Å². The number of hydrogen-bond donors (Lipinski definition) is 1. The Morgan fingerprint density at radius 2 is 2.14 bits per heavy atom. The standard InChI is InChI=1S/C9H14N4O/c1-14-7-6-11-9(12-8(7)10)13-4-2-3-5-13/h6H,2-5H2,1H3,(H2,10,11,12). The third-order valence-corrected chi connectivity index (χ3v) is 2.38. The molecular formula is C9H14N4O. The van der Waals surface area contributed by atoms with E-state index in [9.17, 15) is 0 Å². The lowest BCUT2D eigenvalue weighted by atomic mass is 10.4. The van der Waals surface area contributed by atoms with Crippen LogP contribution in [0.1, 0.15) is 12.8 Å². The summed E-state index contributed by atoms with van der Waals surface area (Å²) in [5.41, 5.74) is 5.70. The van der Waals surface area contributed by atoms with Crippen molar-refractivity contribution in [1.82, 2.24) is 9.97 Å². The molecule has 0 atom stereocenters. The van der Waals surface area contributed by atoms with Crippen molar-refractivity contribution in [3.05, 3.63) is 6.20 Å². The van der Waals surface area contributed by atoms with Crippen LogP contribution in [-0.4, -0.2) is 30.2 Å². The molecule has 1 aromatic rings. The van der Waals surface area contributed by atoms with Crippen LogP contribution in [0.3, 0.4) is 0 Å². The van der Waals surface area contributed by atoms with Crippen LogP contribution in [-0.2, 0) is 0 Å². The lowest BCUT2D eigenvalue weighted by molar-refractivity contribution is 0.413. The van der Waals surface area contributed by atoms with Gasteiger partial charge >= 0.3 is 0 Å². The molecule has 1 saturated heterocycles. The van der Waals surface area contributed by atoms with Crippen molar-refractivity contribution < 1.29 is 4.74 Å². The Kier molecular flexibility index (Phi) is 2.39. The highest BCUT2D eigenvalue weighted by Gasteiger charge is 2.15. The molecular weight excluding hydrogens is 180 g/mol. The van der Waals surface area contributed by atoms with Crippen LogP contribution in [0.2, 0.25) is 0 Å². The Morgan fingerprint density at radius 1 is 1.43 bits per heavy atom. The summed E-state index contributed by atoms with van der Waals surface area (Å²) < 4.78 is 4.99. The van der Waals surface area contributed by atoms with E-state index in [-0.39, 0.29) is 0 Å². The van der Waals surface area contributed by atoms with Crippen LogP contribution >= 0.6 is 0 Å². The fourth-order valence-electron chi connectivity index (χ4n) is 1.60. The molecule has 0 bridgehead atoms. The Morgan fingerprint density at radius 3 is 2.71 bits per heavy atom. The molecule has 1 aliphatic heterocycles. The van der Waals surface area contributed by atoms with Crippen molar-refractivity contribution in [2.75, 3.05) is 30.8 Å². The molecule has 1 aromatic heterocycles. The number of nitrogen functional groups attached to an aromatic ring is 1. The molecule has 76 valence electrons. The number of anilines is 2. The summed E-state index contributed by atoms with van der Waals surface area (Å²) in [6.07, 6.45) is 4.03. The van der Waals surface area contributed by atoms with Crippen LogP contribution in [0.15, 0.2) is 6.20 Å². The number of ether oxygens (including phenoxy) is 1. The molecule has 14 heavy (non-hydrogen) atoms. The van der Waals surface area contributed by atoms with Crippen LogP contribution in [0, 0.1) is 0 Å². The minimum Gasteiger partial charge on any atom is -0.491 e. The number of rotatable bonds is 2. The highest BCUT2D eigenvalue weighted by molar-refractivity contribution is 5.48. The van der Waals surface area contributed by atoms with E-state index in [0.717, 1.165) is 13.1 Å². The van der Waals surface area contributed by atoms with E-state index in [1.54, 1.807) is 13.3 Å². The van der Waals surface area contributed by atoms with E-state index < -0.39 is 0 Å². The molecule has 1 aliphatic rings. The van der Waals surface area contributed by atoms with Gasteiger partial charge in [0.2, 0.25) is 5.95 Å². The Bertz CT molecular complexity index is 323. The molecule has 2 heterocycles. The van der Waals surface area contributed by atoms with E-state index in [1.165, 1.54) is 12.8 Å². The third-order valence-electron chi connectivity index (χ3n) is 2.38. The second-order valence-corrected chi connectivity index (χ2v) is 3.32. The molecule has 0 aliphatic carbocycles. The topological polar surface area (TPSA) is 64.3 Å². The van der Waals surface area contributed by atoms with Crippen LogP contribution in [0.5, 0.6) is 5.75 Å². The highest BCUT2D eigenvalue weighted by Crippen LogP contribution is 2.22. The molecule has 0 spiro atoms. The number of nitrogens with zero attached hydrogens (tertiary/aromatic N) is 3. The summed E-state index contributed by atoms with van der Waals surface area (Å²) in [5, 5.41) is 0. The zero-order chi connectivity index (χ0) is 9.97. The quantitative estimate of drug-likeness (QED) is 0.749. The summed E-state index contributed by atoms with van der Waals surface area (Å²) in [6.45, 7) is 2.04. The number of methoxy groups -OCH3 is 1. The lowest BCUT2D eigenvalue weighted by Gasteiger charge is -2.15.